The summed E-state index contributed by atoms with van der Waals surface area (Å²) < 4.78 is 17.0. The van der Waals surface area contributed by atoms with Crippen LogP contribution in [0.3, 0.4) is 0 Å². The zero-order valence-corrected chi connectivity index (χ0v) is 16.3. The lowest BCUT2D eigenvalue weighted by molar-refractivity contribution is -0.144. The lowest BCUT2D eigenvalue weighted by Crippen LogP contribution is -2.44. The minimum Gasteiger partial charge on any atom is -0.493 e. The van der Waals surface area contributed by atoms with Crippen molar-refractivity contribution >= 4 is 5.91 Å². The first kappa shape index (κ1) is 18.8. The van der Waals surface area contributed by atoms with Crippen molar-refractivity contribution in [2.75, 3.05) is 26.4 Å². The van der Waals surface area contributed by atoms with Crippen LogP contribution in [0, 0.1) is 5.41 Å². The average Bonchev–Trinajstić information content (AvgIpc) is 3.36. The van der Waals surface area contributed by atoms with Crippen LogP contribution in [0.1, 0.15) is 51.0 Å². The Hall–Kier alpha value is -1.59. The Bertz CT molecular complexity index is 645. The van der Waals surface area contributed by atoms with Gasteiger partial charge in [0, 0.05) is 24.6 Å². The highest BCUT2D eigenvalue weighted by molar-refractivity contribution is 5.81. The lowest BCUT2D eigenvalue weighted by Gasteiger charge is -2.37. The van der Waals surface area contributed by atoms with Gasteiger partial charge in [-0.3, -0.25) is 4.79 Å². The number of rotatable bonds is 7. The van der Waals surface area contributed by atoms with Crippen LogP contribution in [-0.2, 0) is 20.8 Å². The molecule has 1 saturated carbocycles. The predicted molar refractivity (Wildman–Crippen MR) is 103 cm³/mol. The normalized spacial score (nSPS) is 24.6. The zero-order chi connectivity index (χ0) is 18.7. The van der Waals surface area contributed by atoms with Gasteiger partial charge in [-0.05, 0) is 43.4 Å². The summed E-state index contributed by atoms with van der Waals surface area (Å²) >= 11 is 0. The van der Waals surface area contributed by atoms with E-state index in [9.17, 15) is 4.79 Å². The van der Waals surface area contributed by atoms with Gasteiger partial charge < -0.3 is 19.1 Å². The second kappa shape index (κ2) is 8.19. The highest BCUT2D eigenvalue weighted by Gasteiger charge is 2.35. The number of hydrogen-bond donors (Lipinski definition) is 0. The first-order valence-electron chi connectivity index (χ1n) is 10.3. The maximum Gasteiger partial charge on any atom is 0.252 e. The van der Waals surface area contributed by atoms with E-state index in [2.05, 4.69) is 24.0 Å². The van der Waals surface area contributed by atoms with Crippen molar-refractivity contribution in [3.05, 3.63) is 29.8 Å². The molecule has 4 rings (SSSR count). The number of hydrogen-bond acceptors (Lipinski definition) is 4. The first-order valence-corrected chi connectivity index (χ1v) is 10.3. The fourth-order valence-electron chi connectivity index (χ4n) is 4.28. The first-order chi connectivity index (χ1) is 13.1. The van der Waals surface area contributed by atoms with Gasteiger partial charge in [0.15, 0.2) is 0 Å². The monoisotopic (exact) mass is 373 g/mol. The van der Waals surface area contributed by atoms with Gasteiger partial charge in [-0.25, -0.2) is 0 Å². The molecular formula is C22H31NO4. The summed E-state index contributed by atoms with van der Waals surface area (Å²) in [6, 6.07) is 8.53. The third kappa shape index (κ3) is 4.46. The standard InChI is InChI=1S/C22H31NO4/c1-22(14-25-15-22)16-27-19-9-4-6-17(12-19)13-23(18-7-2-3-8-18)21(24)20-10-5-11-26-20/h4,6,9,12,18,20H,2-3,5,7-8,10-11,13-16H2,1H3/t20-/m1/s1. The average molecular weight is 373 g/mol. The van der Waals surface area contributed by atoms with Crippen LogP contribution >= 0.6 is 0 Å². The molecule has 1 aromatic carbocycles. The summed E-state index contributed by atoms with van der Waals surface area (Å²) in [4.78, 5) is 15.2. The van der Waals surface area contributed by atoms with Crippen LogP contribution in [0.2, 0.25) is 0 Å². The van der Waals surface area contributed by atoms with E-state index in [-0.39, 0.29) is 17.4 Å². The van der Waals surface area contributed by atoms with Crippen molar-refractivity contribution in [1.29, 1.82) is 0 Å². The number of benzene rings is 1. The van der Waals surface area contributed by atoms with E-state index in [0.29, 0.717) is 25.8 Å². The van der Waals surface area contributed by atoms with Gasteiger partial charge in [-0.15, -0.1) is 0 Å². The van der Waals surface area contributed by atoms with Gasteiger partial charge in [0.2, 0.25) is 0 Å². The highest BCUT2D eigenvalue weighted by atomic mass is 16.5. The van der Waals surface area contributed by atoms with Crippen LogP contribution in [-0.4, -0.2) is 49.4 Å². The van der Waals surface area contributed by atoms with E-state index in [1.165, 1.54) is 12.8 Å². The van der Waals surface area contributed by atoms with Crippen molar-refractivity contribution in [3.63, 3.8) is 0 Å². The van der Waals surface area contributed by atoms with Crippen LogP contribution in [0.25, 0.3) is 0 Å². The van der Waals surface area contributed by atoms with E-state index in [1.54, 1.807) is 0 Å². The lowest BCUT2D eigenvalue weighted by atomic mass is 9.90. The molecule has 1 amide bonds. The summed E-state index contributed by atoms with van der Waals surface area (Å²) in [6.45, 7) is 5.72. The quantitative estimate of drug-likeness (QED) is 0.733. The molecule has 3 fully saturated rings. The van der Waals surface area contributed by atoms with Crippen LogP contribution in [0.15, 0.2) is 24.3 Å². The SMILES string of the molecule is CC1(COc2cccc(CN(C(=O)[C@H]3CCCO3)C3CCCC3)c2)COC1. The van der Waals surface area contributed by atoms with Crippen molar-refractivity contribution in [2.24, 2.45) is 5.41 Å². The number of carbonyl (C=O) groups is 1. The highest BCUT2D eigenvalue weighted by Crippen LogP contribution is 2.30. The van der Waals surface area contributed by atoms with Gasteiger partial charge in [0.25, 0.3) is 5.91 Å². The zero-order valence-electron chi connectivity index (χ0n) is 16.3. The molecule has 0 bridgehead atoms. The number of carbonyl (C=O) groups excluding carboxylic acids is 1. The van der Waals surface area contributed by atoms with Gasteiger partial charge >= 0.3 is 0 Å². The molecule has 1 aliphatic carbocycles. The minimum absolute atomic E-state index is 0.127. The van der Waals surface area contributed by atoms with Crippen LogP contribution < -0.4 is 4.74 Å². The third-order valence-electron chi connectivity index (χ3n) is 5.99. The molecule has 148 valence electrons. The Labute approximate surface area is 162 Å². The van der Waals surface area contributed by atoms with Crippen molar-refractivity contribution in [2.45, 2.75) is 64.1 Å². The Morgan fingerprint density at radius 1 is 1.22 bits per heavy atom. The molecule has 2 aliphatic heterocycles. The second-order valence-corrected chi connectivity index (χ2v) is 8.65. The third-order valence-corrected chi connectivity index (χ3v) is 5.99. The minimum atomic E-state index is -0.247. The van der Waals surface area contributed by atoms with Crippen molar-refractivity contribution < 1.29 is 19.0 Å². The van der Waals surface area contributed by atoms with Crippen LogP contribution in [0.5, 0.6) is 5.75 Å². The Balaban J connectivity index is 1.43. The molecule has 2 heterocycles. The largest absolute Gasteiger partial charge is 0.493 e. The van der Waals surface area contributed by atoms with E-state index in [1.807, 2.05) is 12.1 Å². The Morgan fingerprint density at radius 2 is 2.04 bits per heavy atom. The molecule has 1 atom stereocenters. The molecule has 0 radical (unpaired) electrons. The van der Waals surface area contributed by atoms with E-state index >= 15 is 0 Å². The fourth-order valence-corrected chi connectivity index (χ4v) is 4.28. The predicted octanol–water partition coefficient (Wildman–Crippen LogP) is 3.55. The molecule has 27 heavy (non-hydrogen) atoms. The maximum atomic E-state index is 13.1. The summed E-state index contributed by atoms with van der Waals surface area (Å²) in [5.74, 6) is 1.04. The molecule has 2 saturated heterocycles. The molecule has 1 aromatic rings. The molecule has 5 nitrogen and oxygen atoms in total. The molecule has 3 aliphatic rings. The Kier molecular flexibility index (Phi) is 5.69. The summed E-state index contributed by atoms with van der Waals surface area (Å²) in [5.41, 5.74) is 1.25. The smallest absolute Gasteiger partial charge is 0.252 e. The van der Waals surface area contributed by atoms with E-state index in [0.717, 1.165) is 50.2 Å². The maximum absolute atomic E-state index is 13.1. The number of amides is 1. The summed E-state index contributed by atoms with van der Waals surface area (Å²) in [5, 5.41) is 0. The molecule has 5 heteroatoms. The van der Waals surface area contributed by atoms with Gasteiger partial charge in [-0.1, -0.05) is 31.9 Å². The van der Waals surface area contributed by atoms with Gasteiger partial charge in [0.1, 0.15) is 11.9 Å². The summed E-state index contributed by atoms with van der Waals surface area (Å²) in [7, 11) is 0. The van der Waals surface area contributed by atoms with Gasteiger partial charge in [0.05, 0.1) is 19.8 Å². The summed E-state index contributed by atoms with van der Waals surface area (Å²) in [6.07, 6.45) is 6.23. The molecule has 0 N–H and O–H groups in total. The molecule has 0 aromatic heterocycles. The number of ether oxygens (including phenoxy) is 3. The second-order valence-electron chi connectivity index (χ2n) is 8.65. The van der Waals surface area contributed by atoms with E-state index < -0.39 is 0 Å². The van der Waals surface area contributed by atoms with Crippen LogP contribution in [0.4, 0.5) is 0 Å². The molecular weight excluding hydrogens is 342 g/mol. The fraction of sp³-hybridized carbons (Fsp3) is 0.682. The van der Waals surface area contributed by atoms with E-state index in [4.69, 9.17) is 14.2 Å². The Morgan fingerprint density at radius 3 is 2.70 bits per heavy atom. The topological polar surface area (TPSA) is 48.0 Å². The molecule has 0 spiro atoms. The molecule has 0 unspecified atom stereocenters. The van der Waals surface area contributed by atoms with Crippen molar-refractivity contribution in [1.82, 2.24) is 4.90 Å². The van der Waals surface area contributed by atoms with Crippen molar-refractivity contribution in [3.8, 4) is 5.75 Å². The number of nitrogens with zero attached hydrogens (tertiary/aromatic N) is 1. The van der Waals surface area contributed by atoms with Gasteiger partial charge in [-0.2, -0.15) is 0 Å².